The van der Waals surface area contributed by atoms with Crippen LogP contribution in [-0.2, 0) is 11.3 Å². The quantitative estimate of drug-likeness (QED) is 0.691. The second-order valence-electron chi connectivity index (χ2n) is 7.40. The minimum atomic E-state index is -0.0984. The number of carbonyl (C=O) groups excluding carboxylic acids is 1. The predicted octanol–water partition coefficient (Wildman–Crippen LogP) is 1.83. The van der Waals surface area contributed by atoms with Gasteiger partial charge in [-0.3, -0.25) is 4.79 Å². The molecule has 6 heteroatoms. The van der Waals surface area contributed by atoms with Gasteiger partial charge in [-0.1, -0.05) is 19.1 Å². The van der Waals surface area contributed by atoms with E-state index in [0.29, 0.717) is 24.3 Å². The summed E-state index contributed by atoms with van der Waals surface area (Å²) >= 11 is 0. The van der Waals surface area contributed by atoms with Crippen molar-refractivity contribution in [2.45, 2.75) is 45.2 Å². The lowest BCUT2D eigenvalue weighted by atomic mass is 9.77. The van der Waals surface area contributed by atoms with Gasteiger partial charge in [0.2, 0.25) is 5.91 Å². The topological polar surface area (TPSA) is 71.6 Å². The largest absolute Gasteiger partial charge is 0.493 e. The number of ether oxygens (including phenoxy) is 2. The highest BCUT2D eigenvalue weighted by Crippen LogP contribution is 2.37. The van der Waals surface area contributed by atoms with E-state index in [1.807, 2.05) is 18.2 Å². The van der Waals surface area contributed by atoms with Crippen LogP contribution in [0, 0.1) is 5.41 Å². The number of methoxy groups -OCH3 is 1. The van der Waals surface area contributed by atoms with Gasteiger partial charge in [-0.2, -0.15) is 0 Å². The van der Waals surface area contributed by atoms with Crippen LogP contribution in [-0.4, -0.2) is 45.3 Å². The predicted molar refractivity (Wildman–Crippen MR) is 102 cm³/mol. The lowest BCUT2D eigenvalue weighted by Gasteiger charge is -2.33. The van der Waals surface area contributed by atoms with Crippen molar-refractivity contribution in [1.82, 2.24) is 16.0 Å². The van der Waals surface area contributed by atoms with E-state index in [0.717, 1.165) is 56.6 Å². The van der Waals surface area contributed by atoms with Crippen molar-refractivity contribution in [3.05, 3.63) is 23.8 Å². The van der Waals surface area contributed by atoms with Gasteiger partial charge in [0, 0.05) is 18.7 Å². The van der Waals surface area contributed by atoms with E-state index in [1.54, 1.807) is 7.11 Å². The Kier molecular flexibility index (Phi) is 6.38. The first-order valence-corrected chi connectivity index (χ1v) is 9.68. The number of amides is 1. The lowest BCUT2D eigenvalue weighted by molar-refractivity contribution is -0.123. The van der Waals surface area contributed by atoms with Crippen molar-refractivity contribution in [2.75, 3.05) is 33.4 Å². The summed E-state index contributed by atoms with van der Waals surface area (Å²) in [7, 11) is 1.64. The Hall–Kier alpha value is -1.79. The fraction of sp³-hybridized carbons (Fsp3) is 0.650. The summed E-state index contributed by atoms with van der Waals surface area (Å²) in [6.07, 6.45) is 4.15. The highest BCUT2D eigenvalue weighted by atomic mass is 16.5. The molecular weight excluding hydrogens is 330 g/mol. The number of hydrogen-bond donors (Lipinski definition) is 3. The molecule has 2 fully saturated rings. The van der Waals surface area contributed by atoms with E-state index in [9.17, 15) is 4.79 Å². The fourth-order valence-electron chi connectivity index (χ4n) is 3.98. The molecule has 0 aliphatic carbocycles. The molecule has 1 amide bonds. The summed E-state index contributed by atoms with van der Waals surface area (Å²) in [6, 6.07) is 5.69. The van der Waals surface area contributed by atoms with Crippen LogP contribution < -0.4 is 25.4 Å². The molecule has 0 bridgehead atoms. The van der Waals surface area contributed by atoms with Crippen LogP contribution in [0.15, 0.2) is 18.2 Å². The molecule has 0 aromatic heterocycles. The Morgan fingerprint density at radius 2 is 2.15 bits per heavy atom. The first-order chi connectivity index (χ1) is 12.7. The van der Waals surface area contributed by atoms with E-state index < -0.39 is 0 Å². The molecule has 1 spiro atoms. The second kappa shape index (κ2) is 8.73. The molecule has 3 N–H and O–H groups in total. The molecule has 2 aliphatic rings. The summed E-state index contributed by atoms with van der Waals surface area (Å²) in [5.41, 5.74) is 1.24. The third-order valence-electron chi connectivity index (χ3n) is 5.53. The molecule has 2 saturated heterocycles. The summed E-state index contributed by atoms with van der Waals surface area (Å²) in [5.74, 6) is 1.51. The van der Waals surface area contributed by atoms with Gasteiger partial charge in [-0.25, -0.2) is 0 Å². The Morgan fingerprint density at radius 1 is 1.35 bits per heavy atom. The van der Waals surface area contributed by atoms with E-state index in [2.05, 4.69) is 22.9 Å². The summed E-state index contributed by atoms with van der Waals surface area (Å²) in [6.45, 7) is 6.19. The first kappa shape index (κ1) is 19.0. The van der Waals surface area contributed by atoms with Crippen LogP contribution in [0.2, 0.25) is 0 Å². The normalized spacial score (nSPS) is 21.5. The number of carbonyl (C=O) groups is 1. The van der Waals surface area contributed by atoms with Crippen molar-refractivity contribution >= 4 is 5.91 Å². The molecule has 6 nitrogen and oxygen atoms in total. The number of para-hydroxylation sites is 1. The molecule has 2 heterocycles. The maximum Gasteiger partial charge on any atom is 0.237 e. The molecule has 0 saturated carbocycles. The third kappa shape index (κ3) is 4.30. The number of rotatable bonds is 7. The van der Waals surface area contributed by atoms with Gasteiger partial charge in [-0.05, 0) is 50.3 Å². The van der Waals surface area contributed by atoms with E-state index >= 15 is 0 Å². The van der Waals surface area contributed by atoms with Crippen molar-refractivity contribution in [3.63, 3.8) is 0 Å². The van der Waals surface area contributed by atoms with Crippen LogP contribution in [0.1, 0.15) is 38.2 Å². The monoisotopic (exact) mass is 361 g/mol. The number of benzene rings is 1. The van der Waals surface area contributed by atoms with Crippen LogP contribution in [0.5, 0.6) is 11.5 Å². The molecule has 1 aromatic rings. The minimum absolute atomic E-state index is 0.0738. The highest BCUT2D eigenvalue weighted by molar-refractivity contribution is 5.82. The SMILES string of the molecule is CCCOc1c(CNC(=O)[C@H]2CC3(CCNCC3)CN2)cccc1OC. The van der Waals surface area contributed by atoms with Crippen LogP contribution in [0.25, 0.3) is 0 Å². The van der Waals surface area contributed by atoms with E-state index in [-0.39, 0.29) is 11.9 Å². The average molecular weight is 361 g/mol. The summed E-state index contributed by atoms with van der Waals surface area (Å²) in [4.78, 5) is 12.7. The summed E-state index contributed by atoms with van der Waals surface area (Å²) < 4.78 is 11.3. The Bertz CT molecular complexity index is 614. The molecule has 2 aliphatic heterocycles. The van der Waals surface area contributed by atoms with Crippen molar-refractivity contribution in [3.8, 4) is 11.5 Å². The van der Waals surface area contributed by atoms with Crippen molar-refractivity contribution in [2.24, 2.45) is 5.41 Å². The van der Waals surface area contributed by atoms with Gasteiger partial charge >= 0.3 is 0 Å². The van der Waals surface area contributed by atoms with Gasteiger partial charge in [0.15, 0.2) is 11.5 Å². The fourth-order valence-corrected chi connectivity index (χ4v) is 3.98. The maximum atomic E-state index is 12.7. The molecule has 1 aromatic carbocycles. The van der Waals surface area contributed by atoms with Crippen molar-refractivity contribution in [1.29, 1.82) is 0 Å². The van der Waals surface area contributed by atoms with Crippen molar-refractivity contribution < 1.29 is 14.3 Å². The van der Waals surface area contributed by atoms with Crippen LogP contribution >= 0.6 is 0 Å². The minimum Gasteiger partial charge on any atom is -0.493 e. The standard InChI is InChI=1S/C20H31N3O3/c1-3-11-26-18-15(5-4-6-17(18)25-2)13-22-19(24)16-12-20(14-23-16)7-9-21-10-8-20/h4-6,16,21,23H,3,7-14H2,1-2H3,(H,22,24)/t16-/m1/s1. The van der Waals surface area contributed by atoms with Gasteiger partial charge in [0.1, 0.15) is 0 Å². The van der Waals surface area contributed by atoms with E-state index in [1.165, 1.54) is 0 Å². The lowest BCUT2D eigenvalue weighted by Crippen LogP contribution is -2.40. The van der Waals surface area contributed by atoms with Gasteiger partial charge < -0.3 is 25.4 Å². The second-order valence-corrected chi connectivity index (χ2v) is 7.40. The third-order valence-corrected chi connectivity index (χ3v) is 5.53. The zero-order valence-electron chi connectivity index (χ0n) is 15.9. The molecule has 0 radical (unpaired) electrons. The van der Waals surface area contributed by atoms with Gasteiger partial charge in [0.25, 0.3) is 0 Å². The zero-order chi connectivity index (χ0) is 18.4. The molecule has 26 heavy (non-hydrogen) atoms. The Morgan fingerprint density at radius 3 is 2.88 bits per heavy atom. The Labute approximate surface area is 156 Å². The van der Waals surface area contributed by atoms with Crippen LogP contribution in [0.4, 0.5) is 0 Å². The Balaban J connectivity index is 1.59. The molecule has 144 valence electrons. The molecular formula is C20H31N3O3. The molecule has 1 atom stereocenters. The number of nitrogens with one attached hydrogen (secondary N) is 3. The number of hydrogen-bond acceptors (Lipinski definition) is 5. The first-order valence-electron chi connectivity index (χ1n) is 9.68. The number of piperidine rings is 1. The average Bonchev–Trinajstić information content (AvgIpc) is 3.08. The van der Waals surface area contributed by atoms with Crippen LogP contribution in [0.3, 0.4) is 0 Å². The maximum absolute atomic E-state index is 12.7. The van der Waals surface area contributed by atoms with E-state index in [4.69, 9.17) is 9.47 Å². The molecule has 3 rings (SSSR count). The molecule has 0 unspecified atom stereocenters. The highest BCUT2D eigenvalue weighted by Gasteiger charge is 2.42. The zero-order valence-corrected chi connectivity index (χ0v) is 15.9. The van der Waals surface area contributed by atoms with Gasteiger partial charge in [-0.15, -0.1) is 0 Å². The van der Waals surface area contributed by atoms with Gasteiger partial charge in [0.05, 0.1) is 19.8 Å². The summed E-state index contributed by atoms with van der Waals surface area (Å²) in [5, 5.41) is 9.91. The smallest absolute Gasteiger partial charge is 0.237 e.